The molecule has 3 nitrogen and oxygen atoms in total. The van der Waals surface area contributed by atoms with Gasteiger partial charge in [-0.15, -0.1) is 0 Å². The Labute approximate surface area is 126 Å². The van der Waals surface area contributed by atoms with Crippen LogP contribution < -0.4 is 10.1 Å². The number of benzene rings is 1. The van der Waals surface area contributed by atoms with Crippen LogP contribution >= 0.6 is 0 Å². The van der Waals surface area contributed by atoms with Crippen LogP contribution in [0.2, 0.25) is 0 Å². The van der Waals surface area contributed by atoms with E-state index in [0.717, 1.165) is 18.6 Å². The number of methoxy groups -OCH3 is 1. The van der Waals surface area contributed by atoms with Crippen LogP contribution in [0.4, 0.5) is 0 Å². The summed E-state index contributed by atoms with van der Waals surface area (Å²) in [5, 5.41) is 3.73. The van der Waals surface area contributed by atoms with Crippen molar-refractivity contribution in [3.05, 3.63) is 59.4 Å². The molecule has 0 fully saturated rings. The number of rotatable bonds is 4. The molecule has 3 heteroatoms. The fourth-order valence-electron chi connectivity index (χ4n) is 3.08. The maximum atomic E-state index is 5.34. The van der Waals surface area contributed by atoms with Gasteiger partial charge in [-0.3, -0.25) is 4.98 Å². The van der Waals surface area contributed by atoms with E-state index >= 15 is 0 Å². The number of aryl methyl sites for hydroxylation is 1. The Hall–Kier alpha value is -1.87. The summed E-state index contributed by atoms with van der Waals surface area (Å²) in [4.78, 5) is 4.20. The first-order valence-corrected chi connectivity index (χ1v) is 7.58. The average molecular weight is 282 g/mol. The number of nitrogens with one attached hydrogen (secondary N) is 1. The quantitative estimate of drug-likeness (QED) is 0.934. The van der Waals surface area contributed by atoms with Gasteiger partial charge in [0.15, 0.2) is 0 Å². The van der Waals surface area contributed by atoms with Crippen LogP contribution in [0, 0.1) is 0 Å². The van der Waals surface area contributed by atoms with E-state index in [9.17, 15) is 0 Å². The van der Waals surface area contributed by atoms with Crippen LogP contribution in [0.15, 0.2) is 42.7 Å². The molecule has 2 aromatic rings. The highest BCUT2D eigenvalue weighted by Gasteiger charge is 2.20. The summed E-state index contributed by atoms with van der Waals surface area (Å²) in [5.74, 6) is 0.953. The molecule has 2 atom stereocenters. The van der Waals surface area contributed by atoms with Crippen molar-refractivity contribution in [1.29, 1.82) is 0 Å². The Bertz CT molecular complexity index is 597. The monoisotopic (exact) mass is 282 g/mol. The van der Waals surface area contributed by atoms with Gasteiger partial charge in [0.1, 0.15) is 5.75 Å². The van der Waals surface area contributed by atoms with Gasteiger partial charge in [-0.2, -0.15) is 0 Å². The van der Waals surface area contributed by atoms with Gasteiger partial charge >= 0.3 is 0 Å². The molecule has 0 amide bonds. The maximum absolute atomic E-state index is 5.34. The first-order chi connectivity index (χ1) is 10.3. The summed E-state index contributed by atoms with van der Waals surface area (Å²) in [6.07, 6.45) is 7.15. The fraction of sp³-hybridized carbons (Fsp3) is 0.389. The first kappa shape index (κ1) is 14.1. The summed E-state index contributed by atoms with van der Waals surface area (Å²) in [6, 6.07) is 11.4. The van der Waals surface area contributed by atoms with Crippen LogP contribution in [0.3, 0.4) is 0 Å². The van der Waals surface area contributed by atoms with E-state index in [1.165, 1.54) is 23.1 Å². The number of hydrogen-bond acceptors (Lipinski definition) is 3. The number of hydrogen-bond donors (Lipinski definition) is 1. The highest BCUT2D eigenvalue weighted by Crippen LogP contribution is 2.26. The van der Waals surface area contributed by atoms with Crippen molar-refractivity contribution in [3.8, 4) is 5.75 Å². The van der Waals surface area contributed by atoms with E-state index in [1.807, 2.05) is 18.5 Å². The number of fused-ring (bicyclic) bond motifs is 1. The van der Waals surface area contributed by atoms with E-state index in [2.05, 4.69) is 41.5 Å². The third-order valence-electron chi connectivity index (χ3n) is 4.31. The van der Waals surface area contributed by atoms with Crippen LogP contribution in [-0.4, -0.2) is 18.1 Å². The van der Waals surface area contributed by atoms with E-state index < -0.39 is 0 Å². The smallest absolute Gasteiger partial charge is 0.119 e. The second-order valence-corrected chi connectivity index (χ2v) is 5.75. The molecule has 1 aromatic heterocycles. The molecule has 110 valence electrons. The van der Waals surface area contributed by atoms with Gasteiger partial charge in [-0.25, -0.2) is 0 Å². The standard InChI is InChI=1S/C18H22N2O/c1-13(15-4-3-9-19-12-15)20-17-7-5-14-6-8-18(21-2)11-16(14)10-17/h3-4,6,8-9,11-13,17,20H,5,7,10H2,1-2H3. The molecule has 3 rings (SSSR count). The van der Waals surface area contributed by atoms with Crippen LogP contribution in [0.5, 0.6) is 5.75 Å². The molecule has 0 saturated heterocycles. The predicted octanol–water partition coefficient (Wildman–Crippen LogP) is 3.30. The summed E-state index contributed by atoms with van der Waals surface area (Å²) >= 11 is 0. The first-order valence-electron chi connectivity index (χ1n) is 7.58. The normalized spacial score (nSPS) is 18.9. The third kappa shape index (κ3) is 3.24. The molecular weight excluding hydrogens is 260 g/mol. The van der Waals surface area contributed by atoms with E-state index in [0.29, 0.717) is 12.1 Å². The van der Waals surface area contributed by atoms with E-state index in [-0.39, 0.29) is 0 Å². The van der Waals surface area contributed by atoms with Gasteiger partial charge in [-0.1, -0.05) is 12.1 Å². The summed E-state index contributed by atoms with van der Waals surface area (Å²) in [6.45, 7) is 2.21. The lowest BCUT2D eigenvalue weighted by molar-refractivity contribution is 0.402. The fourth-order valence-corrected chi connectivity index (χ4v) is 3.08. The van der Waals surface area contributed by atoms with Crippen LogP contribution in [0.25, 0.3) is 0 Å². The minimum atomic E-state index is 0.329. The van der Waals surface area contributed by atoms with Crippen LogP contribution in [-0.2, 0) is 12.8 Å². The Kier molecular flexibility index (Phi) is 4.20. The molecule has 0 aliphatic heterocycles. The summed E-state index contributed by atoms with van der Waals surface area (Å²) in [7, 11) is 1.73. The lowest BCUT2D eigenvalue weighted by Crippen LogP contribution is -2.36. The Balaban J connectivity index is 1.68. The zero-order chi connectivity index (χ0) is 14.7. The molecule has 0 saturated carbocycles. The van der Waals surface area contributed by atoms with Gasteiger partial charge in [0, 0.05) is 24.5 Å². The molecule has 21 heavy (non-hydrogen) atoms. The molecule has 0 radical (unpaired) electrons. The minimum Gasteiger partial charge on any atom is -0.497 e. The van der Waals surface area contributed by atoms with Gasteiger partial charge in [0.2, 0.25) is 0 Å². The molecule has 1 N–H and O–H groups in total. The maximum Gasteiger partial charge on any atom is 0.119 e. The molecule has 1 aliphatic carbocycles. The molecular formula is C18H22N2O. The van der Waals surface area contributed by atoms with Crippen molar-refractivity contribution >= 4 is 0 Å². The van der Waals surface area contributed by atoms with Crippen molar-refractivity contribution in [2.24, 2.45) is 0 Å². The van der Waals surface area contributed by atoms with Crippen molar-refractivity contribution in [2.75, 3.05) is 7.11 Å². The van der Waals surface area contributed by atoms with E-state index in [1.54, 1.807) is 7.11 Å². The second kappa shape index (κ2) is 6.27. The molecule has 0 bridgehead atoms. The lowest BCUT2D eigenvalue weighted by atomic mass is 9.87. The minimum absolute atomic E-state index is 0.329. The number of aromatic nitrogens is 1. The molecule has 2 unspecified atom stereocenters. The molecule has 0 spiro atoms. The van der Waals surface area contributed by atoms with Gasteiger partial charge < -0.3 is 10.1 Å². The highest BCUT2D eigenvalue weighted by molar-refractivity contribution is 5.38. The molecule has 1 aliphatic rings. The average Bonchev–Trinajstić information content (AvgIpc) is 2.55. The van der Waals surface area contributed by atoms with Gasteiger partial charge in [0.25, 0.3) is 0 Å². The van der Waals surface area contributed by atoms with Crippen molar-refractivity contribution < 1.29 is 4.74 Å². The lowest BCUT2D eigenvalue weighted by Gasteiger charge is -2.28. The largest absolute Gasteiger partial charge is 0.497 e. The topological polar surface area (TPSA) is 34.1 Å². The van der Waals surface area contributed by atoms with Crippen LogP contribution in [0.1, 0.15) is 36.1 Å². The Morgan fingerprint density at radius 3 is 2.95 bits per heavy atom. The third-order valence-corrected chi connectivity index (χ3v) is 4.31. The Morgan fingerprint density at radius 2 is 2.19 bits per heavy atom. The van der Waals surface area contributed by atoms with Crippen molar-refractivity contribution in [2.45, 2.75) is 38.3 Å². The number of nitrogens with zero attached hydrogens (tertiary/aromatic N) is 1. The summed E-state index contributed by atoms with van der Waals surface area (Å²) in [5.41, 5.74) is 4.12. The van der Waals surface area contributed by atoms with E-state index in [4.69, 9.17) is 4.74 Å². The zero-order valence-corrected chi connectivity index (χ0v) is 12.7. The Morgan fingerprint density at radius 1 is 1.29 bits per heavy atom. The molecule has 1 heterocycles. The second-order valence-electron chi connectivity index (χ2n) is 5.75. The van der Waals surface area contributed by atoms with Gasteiger partial charge in [0.05, 0.1) is 7.11 Å². The molecule has 1 aromatic carbocycles. The van der Waals surface area contributed by atoms with Crippen molar-refractivity contribution in [3.63, 3.8) is 0 Å². The number of pyridine rings is 1. The predicted molar refractivity (Wildman–Crippen MR) is 84.6 cm³/mol. The SMILES string of the molecule is COc1ccc2c(c1)CC(NC(C)c1cccnc1)CC2. The van der Waals surface area contributed by atoms with Gasteiger partial charge in [-0.05, 0) is 61.1 Å². The number of ether oxygens (including phenoxy) is 1. The zero-order valence-electron chi connectivity index (χ0n) is 12.7. The van der Waals surface area contributed by atoms with Crippen molar-refractivity contribution in [1.82, 2.24) is 10.3 Å². The highest BCUT2D eigenvalue weighted by atomic mass is 16.5. The summed E-state index contributed by atoms with van der Waals surface area (Å²) < 4.78 is 5.34.